The third-order valence-corrected chi connectivity index (χ3v) is 5.82. The van der Waals surface area contributed by atoms with Crippen LogP contribution in [-0.2, 0) is 11.3 Å². The molecule has 7 heteroatoms. The van der Waals surface area contributed by atoms with E-state index in [0.29, 0.717) is 6.54 Å². The molecule has 1 aromatic carbocycles. The molecule has 0 fully saturated rings. The lowest BCUT2D eigenvalue weighted by Gasteiger charge is -2.15. The fraction of sp³-hybridized carbons (Fsp3) is 0.227. The highest BCUT2D eigenvalue weighted by atomic mass is 32.1. The molecule has 4 aromatic rings. The lowest BCUT2D eigenvalue weighted by molar-refractivity contribution is -0.125. The summed E-state index contributed by atoms with van der Waals surface area (Å²) in [7, 11) is 1.81. The lowest BCUT2D eigenvalue weighted by atomic mass is 10.1. The Morgan fingerprint density at radius 1 is 1.17 bits per heavy atom. The Bertz CT molecular complexity index is 1200. The van der Waals surface area contributed by atoms with Crippen molar-refractivity contribution in [2.75, 3.05) is 7.05 Å². The first-order chi connectivity index (χ1) is 14.0. The monoisotopic (exact) mass is 405 g/mol. The minimum Gasteiger partial charge on any atom is -0.336 e. The van der Waals surface area contributed by atoms with E-state index in [0.717, 1.165) is 39.0 Å². The second-order valence-corrected chi connectivity index (χ2v) is 7.93. The second-order valence-electron chi connectivity index (χ2n) is 7.06. The SMILES string of the molecule is Cc1nn(-c2ccccc2)c(C)c1/C=C/C(=O)N(C)Cc1c(C)nc2sccn12. The van der Waals surface area contributed by atoms with E-state index in [1.54, 1.807) is 22.3 Å². The van der Waals surface area contributed by atoms with Gasteiger partial charge in [0.2, 0.25) is 5.91 Å². The average molecular weight is 406 g/mol. The largest absolute Gasteiger partial charge is 0.336 e. The van der Waals surface area contributed by atoms with Crippen LogP contribution in [0.15, 0.2) is 48.0 Å². The average Bonchev–Trinajstić information content (AvgIpc) is 3.36. The van der Waals surface area contributed by atoms with Crippen LogP contribution in [0.4, 0.5) is 0 Å². The highest BCUT2D eigenvalue weighted by molar-refractivity contribution is 7.15. The van der Waals surface area contributed by atoms with E-state index in [1.165, 1.54) is 0 Å². The second kappa shape index (κ2) is 7.67. The van der Waals surface area contributed by atoms with Crippen LogP contribution in [0.5, 0.6) is 0 Å². The summed E-state index contributed by atoms with van der Waals surface area (Å²) in [5.41, 5.74) is 5.87. The van der Waals surface area contributed by atoms with Crippen molar-refractivity contribution in [3.05, 3.63) is 76.3 Å². The molecular formula is C22H23N5OS. The van der Waals surface area contributed by atoms with Gasteiger partial charge in [0.05, 0.1) is 29.3 Å². The zero-order valence-electron chi connectivity index (χ0n) is 17.0. The minimum atomic E-state index is -0.0548. The first-order valence-corrected chi connectivity index (χ1v) is 10.3. The summed E-state index contributed by atoms with van der Waals surface area (Å²) in [6.45, 7) is 6.47. The Kier molecular flexibility index (Phi) is 5.07. The Morgan fingerprint density at radius 3 is 2.69 bits per heavy atom. The number of nitrogens with zero attached hydrogens (tertiary/aromatic N) is 5. The van der Waals surface area contributed by atoms with Crippen molar-refractivity contribution in [3.63, 3.8) is 0 Å². The van der Waals surface area contributed by atoms with E-state index >= 15 is 0 Å². The predicted molar refractivity (Wildman–Crippen MR) is 116 cm³/mol. The standard InChI is InChI=1S/C22H23N5OS/c1-15-19(17(3)27(24-15)18-8-6-5-7-9-18)10-11-21(28)25(4)14-20-16(2)23-22-26(20)12-13-29-22/h5-13H,14H2,1-4H3/b11-10+. The smallest absolute Gasteiger partial charge is 0.246 e. The number of amides is 1. The quantitative estimate of drug-likeness (QED) is 0.468. The van der Waals surface area contributed by atoms with Gasteiger partial charge in [-0.3, -0.25) is 9.20 Å². The predicted octanol–water partition coefficient (Wildman–Crippen LogP) is 4.18. The van der Waals surface area contributed by atoms with Gasteiger partial charge in [0, 0.05) is 36.0 Å². The van der Waals surface area contributed by atoms with Gasteiger partial charge >= 0.3 is 0 Å². The van der Waals surface area contributed by atoms with Gasteiger partial charge in [-0.2, -0.15) is 5.10 Å². The van der Waals surface area contributed by atoms with Crippen LogP contribution in [0.1, 0.15) is 28.3 Å². The first kappa shape index (κ1) is 19.1. The van der Waals surface area contributed by atoms with Gasteiger partial charge in [0.1, 0.15) is 0 Å². The molecule has 29 heavy (non-hydrogen) atoms. The van der Waals surface area contributed by atoms with Crippen molar-refractivity contribution in [2.24, 2.45) is 0 Å². The number of aryl methyl sites for hydroxylation is 2. The minimum absolute atomic E-state index is 0.0548. The summed E-state index contributed by atoms with van der Waals surface area (Å²) < 4.78 is 3.96. The van der Waals surface area contributed by atoms with Crippen LogP contribution < -0.4 is 0 Å². The Hall–Kier alpha value is -3.19. The number of likely N-dealkylation sites (N-methyl/N-ethyl adjacent to an activating group) is 1. The number of carbonyl (C=O) groups excluding carboxylic acids is 1. The Morgan fingerprint density at radius 2 is 1.93 bits per heavy atom. The number of aromatic nitrogens is 4. The fourth-order valence-electron chi connectivity index (χ4n) is 3.43. The summed E-state index contributed by atoms with van der Waals surface area (Å²) in [6, 6.07) is 10.00. The first-order valence-electron chi connectivity index (χ1n) is 9.41. The van der Waals surface area contributed by atoms with E-state index in [2.05, 4.69) is 10.1 Å². The van der Waals surface area contributed by atoms with Crippen molar-refractivity contribution in [3.8, 4) is 5.69 Å². The molecule has 0 unspecified atom stereocenters. The van der Waals surface area contributed by atoms with Gasteiger partial charge < -0.3 is 4.90 Å². The van der Waals surface area contributed by atoms with Crippen molar-refractivity contribution in [1.82, 2.24) is 24.1 Å². The molecule has 148 valence electrons. The van der Waals surface area contributed by atoms with Gasteiger partial charge in [-0.1, -0.05) is 18.2 Å². The van der Waals surface area contributed by atoms with E-state index in [9.17, 15) is 4.79 Å². The topological polar surface area (TPSA) is 55.4 Å². The third-order valence-electron chi connectivity index (χ3n) is 5.07. The molecule has 0 bridgehead atoms. The Balaban J connectivity index is 1.53. The molecule has 0 saturated carbocycles. The highest BCUT2D eigenvalue weighted by Gasteiger charge is 2.15. The molecule has 4 rings (SSSR count). The summed E-state index contributed by atoms with van der Waals surface area (Å²) in [6.07, 6.45) is 5.47. The van der Waals surface area contributed by atoms with Crippen LogP contribution in [0.3, 0.4) is 0 Å². The number of benzene rings is 1. The van der Waals surface area contributed by atoms with E-state index in [1.807, 2.05) is 84.9 Å². The number of hydrogen-bond donors (Lipinski definition) is 0. The van der Waals surface area contributed by atoms with E-state index in [4.69, 9.17) is 0 Å². The number of hydrogen-bond acceptors (Lipinski definition) is 4. The van der Waals surface area contributed by atoms with Crippen LogP contribution >= 0.6 is 11.3 Å². The number of carbonyl (C=O) groups is 1. The molecule has 0 aliphatic carbocycles. The number of thiazole rings is 1. The van der Waals surface area contributed by atoms with Crippen LogP contribution in [0.2, 0.25) is 0 Å². The summed E-state index contributed by atoms with van der Waals surface area (Å²) >= 11 is 1.59. The van der Waals surface area contributed by atoms with E-state index < -0.39 is 0 Å². The van der Waals surface area contributed by atoms with Crippen molar-refractivity contribution in [2.45, 2.75) is 27.3 Å². The molecule has 3 heterocycles. The summed E-state index contributed by atoms with van der Waals surface area (Å²) in [5, 5.41) is 6.64. The van der Waals surface area contributed by atoms with Crippen LogP contribution in [0.25, 0.3) is 16.7 Å². The van der Waals surface area contributed by atoms with Gasteiger partial charge in [-0.25, -0.2) is 9.67 Å². The van der Waals surface area contributed by atoms with Gasteiger partial charge in [-0.15, -0.1) is 11.3 Å². The molecule has 6 nitrogen and oxygen atoms in total. The number of rotatable bonds is 5. The maximum absolute atomic E-state index is 12.7. The molecule has 0 aliphatic heterocycles. The van der Waals surface area contributed by atoms with Crippen molar-refractivity contribution >= 4 is 28.3 Å². The molecule has 0 spiro atoms. The summed E-state index contributed by atoms with van der Waals surface area (Å²) in [5.74, 6) is -0.0548. The summed E-state index contributed by atoms with van der Waals surface area (Å²) in [4.78, 5) is 19.9. The molecule has 0 radical (unpaired) electrons. The molecule has 0 aliphatic rings. The van der Waals surface area contributed by atoms with Gasteiger partial charge in [0.15, 0.2) is 4.96 Å². The van der Waals surface area contributed by atoms with Crippen molar-refractivity contribution in [1.29, 1.82) is 0 Å². The fourth-order valence-corrected chi connectivity index (χ4v) is 4.21. The molecule has 0 saturated heterocycles. The van der Waals surface area contributed by atoms with Crippen molar-refractivity contribution < 1.29 is 4.79 Å². The third kappa shape index (κ3) is 3.61. The molecule has 0 N–H and O–H groups in total. The maximum atomic E-state index is 12.7. The maximum Gasteiger partial charge on any atom is 0.246 e. The number of imidazole rings is 1. The van der Waals surface area contributed by atoms with E-state index in [-0.39, 0.29) is 5.91 Å². The van der Waals surface area contributed by atoms with Gasteiger partial charge in [0.25, 0.3) is 0 Å². The highest BCUT2D eigenvalue weighted by Crippen LogP contribution is 2.20. The zero-order chi connectivity index (χ0) is 20.5. The molecule has 0 atom stereocenters. The van der Waals surface area contributed by atoms with Crippen LogP contribution in [-0.4, -0.2) is 37.0 Å². The number of fused-ring (bicyclic) bond motifs is 1. The van der Waals surface area contributed by atoms with Crippen LogP contribution in [0, 0.1) is 20.8 Å². The lowest BCUT2D eigenvalue weighted by Crippen LogP contribution is -2.25. The normalized spacial score (nSPS) is 11.6. The Labute approximate surface area is 173 Å². The van der Waals surface area contributed by atoms with Gasteiger partial charge in [-0.05, 0) is 39.0 Å². The molecule has 3 aromatic heterocycles. The zero-order valence-corrected chi connectivity index (χ0v) is 17.8. The molecular weight excluding hydrogens is 382 g/mol. The number of para-hydroxylation sites is 1. The molecule has 1 amide bonds.